The molecular formula is C19H14ClNO5. The van der Waals surface area contributed by atoms with Gasteiger partial charge in [0.05, 0.1) is 11.1 Å². The van der Waals surface area contributed by atoms with Gasteiger partial charge in [-0.1, -0.05) is 23.7 Å². The number of Topliss-reactive ketones (excluding diaryl/α,β-unsaturated/α-hetero) is 1. The van der Waals surface area contributed by atoms with Gasteiger partial charge in [0.15, 0.2) is 6.10 Å². The Morgan fingerprint density at radius 2 is 1.54 bits per heavy atom. The number of esters is 1. The summed E-state index contributed by atoms with van der Waals surface area (Å²) in [7, 11) is 0. The summed E-state index contributed by atoms with van der Waals surface area (Å²) in [6, 6.07) is 12.5. The molecule has 2 aromatic carbocycles. The molecule has 0 spiro atoms. The second-order valence-electron chi connectivity index (χ2n) is 5.75. The van der Waals surface area contributed by atoms with Crippen molar-refractivity contribution in [3.63, 3.8) is 0 Å². The molecule has 0 radical (unpaired) electrons. The Balaban J connectivity index is 1.64. The first-order valence-electron chi connectivity index (χ1n) is 7.83. The number of benzene rings is 2. The molecular weight excluding hydrogens is 358 g/mol. The van der Waals surface area contributed by atoms with Crippen molar-refractivity contribution in [2.45, 2.75) is 13.0 Å². The van der Waals surface area contributed by atoms with Crippen molar-refractivity contribution < 1.29 is 23.9 Å². The zero-order valence-corrected chi connectivity index (χ0v) is 14.5. The second-order valence-corrected chi connectivity index (χ2v) is 6.18. The minimum Gasteiger partial charge on any atom is -0.453 e. The summed E-state index contributed by atoms with van der Waals surface area (Å²) in [4.78, 5) is 49.6. The maximum Gasteiger partial charge on any atom is 0.326 e. The number of nitrogens with zero attached hydrogens (tertiary/aromatic N) is 1. The standard InChI is InChI=1S/C19H14ClNO5/c1-11(17(23)12-6-8-13(20)9-7-12)26-16(22)10-21-18(24)14-4-2-3-5-15(14)19(21)25/h2-9,11H,10H2,1H3. The number of carbonyl (C=O) groups is 4. The molecule has 1 aliphatic heterocycles. The van der Waals surface area contributed by atoms with Gasteiger partial charge in [-0.25, -0.2) is 0 Å². The molecule has 0 saturated heterocycles. The molecule has 0 bridgehead atoms. The first kappa shape index (κ1) is 17.8. The van der Waals surface area contributed by atoms with E-state index in [1.54, 1.807) is 24.3 Å². The van der Waals surface area contributed by atoms with Crippen LogP contribution in [0.2, 0.25) is 5.02 Å². The molecule has 26 heavy (non-hydrogen) atoms. The number of hydrogen-bond acceptors (Lipinski definition) is 5. The zero-order valence-electron chi connectivity index (χ0n) is 13.8. The fraction of sp³-hybridized carbons (Fsp3) is 0.158. The molecule has 0 fully saturated rings. The van der Waals surface area contributed by atoms with Gasteiger partial charge in [-0.05, 0) is 43.3 Å². The normalized spacial score (nSPS) is 14.2. The van der Waals surface area contributed by atoms with Crippen molar-refractivity contribution in [1.82, 2.24) is 4.90 Å². The smallest absolute Gasteiger partial charge is 0.326 e. The second kappa shape index (κ2) is 7.09. The van der Waals surface area contributed by atoms with Gasteiger partial charge in [-0.3, -0.25) is 24.1 Å². The van der Waals surface area contributed by atoms with Gasteiger partial charge >= 0.3 is 5.97 Å². The van der Waals surface area contributed by atoms with Crippen molar-refractivity contribution in [1.29, 1.82) is 0 Å². The van der Waals surface area contributed by atoms with Crippen LogP contribution in [0.4, 0.5) is 0 Å². The van der Waals surface area contributed by atoms with E-state index in [0.29, 0.717) is 10.6 Å². The zero-order chi connectivity index (χ0) is 18.8. The maximum atomic E-state index is 12.3. The summed E-state index contributed by atoms with van der Waals surface area (Å²) in [6.45, 7) is 0.877. The van der Waals surface area contributed by atoms with Crippen LogP contribution in [0.3, 0.4) is 0 Å². The molecule has 7 heteroatoms. The molecule has 2 amide bonds. The average molecular weight is 372 g/mol. The molecule has 2 aromatic rings. The van der Waals surface area contributed by atoms with E-state index in [1.807, 2.05) is 0 Å². The van der Waals surface area contributed by atoms with Crippen molar-refractivity contribution in [2.75, 3.05) is 6.54 Å². The highest BCUT2D eigenvalue weighted by Crippen LogP contribution is 2.22. The van der Waals surface area contributed by atoms with Gasteiger partial charge in [-0.2, -0.15) is 0 Å². The predicted molar refractivity (Wildman–Crippen MR) is 93.1 cm³/mol. The number of ether oxygens (including phenoxy) is 1. The largest absolute Gasteiger partial charge is 0.453 e. The Labute approximate surface area is 154 Å². The number of ketones is 1. The van der Waals surface area contributed by atoms with Crippen molar-refractivity contribution in [3.8, 4) is 0 Å². The fourth-order valence-electron chi connectivity index (χ4n) is 2.65. The van der Waals surface area contributed by atoms with Gasteiger partial charge < -0.3 is 4.74 Å². The highest BCUT2D eigenvalue weighted by Gasteiger charge is 2.37. The third-order valence-electron chi connectivity index (χ3n) is 3.97. The lowest BCUT2D eigenvalue weighted by Crippen LogP contribution is -2.37. The first-order valence-corrected chi connectivity index (χ1v) is 8.21. The third kappa shape index (κ3) is 3.36. The van der Waals surface area contributed by atoms with Crippen LogP contribution in [0.15, 0.2) is 48.5 Å². The number of rotatable bonds is 5. The van der Waals surface area contributed by atoms with Crippen LogP contribution in [0.25, 0.3) is 0 Å². The lowest BCUT2D eigenvalue weighted by molar-refractivity contribution is -0.146. The molecule has 0 aromatic heterocycles. The Morgan fingerprint density at radius 1 is 1.00 bits per heavy atom. The van der Waals surface area contributed by atoms with Crippen LogP contribution >= 0.6 is 11.6 Å². The molecule has 1 heterocycles. The van der Waals surface area contributed by atoms with E-state index in [1.165, 1.54) is 31.2 Å². The topological polar surface area (TPSA) is 80.8 Å². The molecule has 0 saturated carbocycles. The SMILES string of the molecule is CC(OC(=O)CN1C(=O)c2ccccc2C1=O)C(=O)c1ccc(Cl)cc1. The number of imide groups is 1. The van der Waals surface area contributed by atoms with Gasteiger partial charge in [0.2, 0.25) is 5.78 Å². The lowest BCUT2D eigenvalue weighted by atomic mass is 10.1. The number of amides is 2. The Kier molecular flexibility index (Phi) is 4.86. The average Bonchev–Trinajstić information content (AvgIpc) is 2.87. The van der Waals surface area contributed by atoms with Gasteiger partial charge in [0, 0.05) is 10.6 Å². The van der Waals surface area contributed by atoms with Crippen LogP contribution in [0.5, 0.6) is 0 Å². The summed E-state index contributed by atoms with van der Waals surface area (Å²) >= 11 is 5.78. The molecule has 1 unspecified atom stereocenters. The lowest BCUT2D eigenvalue weighted by Gasteiger charge is -2.16. The Morgan fingerprint density at radius 3 is 2.08 bits per heavy atom. The Bertz CT molecular complexity index is 871. The molecule has 3 rings (SSSR count). The summed E-state index contributed by atoms with van der Waals surface area (Å²) in [6.07, 6.45) is -1.06. The fourth-order valence-corrected chi connectivity index (χ4v) is 2.77. The van der Waals surface area contributed by atoms with E-state index in [4.69, 9.17) is 16.3 Å². The van der Waals surface area contributed by atoms with Crippen LogP contribution < -0.4 is 0 Å². The van der Waals surface area contributed by atoms with Gasteiger partial charge in [-0.15, -0.1) is 0 Å². The van der Waals surface area contributed by atoms with E-state index in [0.717, 1.165) is 4.90 Å². The highest BCUT2D eigenvalue weighted by atomic mass is 35.5. The molecule has 0 N–H and O–H groups in total. The summed E-state index contributed by atoms with van der Waals surface area (Å²) in [5.41, 5.74) is 0.835. The number of carbonyl (C=O) groups excluding carboxylic acids is 4. The van der Waals surface area contributed by atoms with Gasteiger partial charge in [0.1, 0.15) is 6.54 Å². The quantitative estimate of drug-likeness (QED) is 0.458. The van der Waals surface area contributed by atoms with Crippen molar-refractivity contribution in [2.24, 2.45) is 0 Å². The van der Waals surface area contributed by atoms with Gasteiger partial charge in [0.25, 0.3) is 11.8 Å². The molecule has 1 aliphatic rings. The van der Waals surface area contributed by atoms with E-state index < -0.39 is 36.2 Å². The maximum absolute atomic E-state index is 12.3. The van der Waals surface area contributed by atoms with E-state index in [9.17, 15) is 19.2 Å². The van der Waals surface area contributed by atoms with Crippen LogP contribution in [-0.2, 0) is 9.53 Å². The third-order valence-corrected chi connectivity index (χ3v) is 4.22. The number of hydrogen-bond donors (Lipinski definition) is 0. The minimum absolute atomic E-state index is 0.246. The molecule has 0 aliphatic carbocycles. The van der Waals surface area contributed by atoms with Crippen molar-refractivity contribution >= 4 is 35.2 Å². The number of fused-ring (bicyclic) bond motifs is 1. The van der Waals surface area contributed by atoms with Crippen LogP contribution in [0.1, 0.15) is 38.0 Å². The van der Waals surface area contributed by atoms with E-state index >= 15 is 0 Å². The molecule has 1 atom stereocenters. The minimum atomic E-state index is -1.06. The summed E-state index contributed by atoms with van der Waals surface area (Å²) in [5, 5.41) is 0.483. The predicted octanol–water partition coefficient (Wildman–Crippen LogP) is 2.75. The highest BCUT2D eigenvalue weighted by molar-refractivity contribution is 6.30. The summed E-state index contributed by atoms with van der Waals surface area (Å²) in [5.74, 6) is -2.36. The van der Waals surface area contributed by atoms with Crippen molar-refractivity contribution in [3.05, 3.63) is 70.2 Å². The first-order chi connectivity index (χ1) is 12.4. The van der Waals surface area contributed by atoms with E-state index in [-0.39, 0.29) is 11.1 Å². The Hall–Kier alpha value is -2.99. The van der Waals surface area contributed by atoms with E-state index in [2.05, 4.69) is 0 Å². The molecule has 6 nitrogen and oxygen atoms in total. The summed E-state index contributed by atoms with van der Waals surface area (Å²) < 4.78 is 5.09. The number of halogens is 1. The van der Waals surface area contributed by atoms with Crippen LogP contribution in [-0.4, -0.2) is 41.1 Å². The molecule has 132 valence electrons. The van der Waals surface area contributed by atoms with Crippen LogP contribution in [0, 0.1) is 0 Å². The monoisotopic (exact) mass is 371 g/mol.